The van der Waals surface area contributed by atoms with Crippen LogP contribution in [0.2, 0.25) is 0 Å². The molecule has 3 rings (SSSR count). The van der Waals surface area contributed by atoms with Crippen LogP contribution in [-0.2, 0) is 39.9 Å². The molecule has 0 saturated carbocycles. The van der Waals surface area contributed by atoms with Crippen molar-refractivity contribution in [3.63, 3.8) is 0 Å². The molecule has 1 amide bonds. The third-order valence-corrected chi connectivity index (χ3v) is 5.91. The van der Waals surface area contributed by atoms with Gasteiger partial charge in [-0.1, -0.05) is 36.9 Å². The maximum Gasteiger partial charge on any atom is 0.416 e. The molecule has 0 bridgehead atoms. The van der Waals surface area contributed by atoms with Crippen LogP contribution in [0.3, 0.4) is 0 Å². The lowest BCUT2D eigenvalue weighted by atomic mass is 10.1. The number of aromatic nitrogens is 3. The zero-order valence-electron chi connectivity index (χ0n) is 19.6. The Labute approximate surface area is 208 Å². The Bertz CT molecular complexity index is 1320. The van der Waals surface area contributed by atoms with E-state index in [-0.39, 0.29) is 47.0 Å². The van der Waals surface area contributed by atoms with Gasteiger partial charge in [0, 0.05) is 12.2 Å². The molecule has 0 aliphatic heterocycles. The number of rotatable bonds is 10. The van der Waals surface area contributed by atoms with Gasteiger partial charge in [-0.2, -0.15) is 18.2 Å². The molecule has 2 N–H and O–H groups in total. The predicted octanol–water partition coefficient (Wildman–Crippen LogP) is 3.20. The first-order valence-corrected chi connectivity index (χ1v) is 11.9. The Hall–Kier alpha value is -3.61. The SMILES string of the molecule is CCc1c(C(=O)C(N)=O)c2c(OCC(=O)OC)nc(SC)nc2n1CCc1cccc(C(F)(F)F)c1. The number of aryl methyl sites for hydroxylation is 2. The van der Waals surface area contributed by atoms with E-state index in [0.29, 0.717) is 11.3 Å². The second kappa shape index (κ2) is 11.0. The summed E-state index contributed by atoms with van der Waals surface area (Å²) in [7, 11) is 1.18. The molecule has 2 heterocycles. The van der Waals surface area contributed by atoms with Gasteiger partial charge in [0.05, 0.1) is 23.6 Å². The summed E-state index contributed by atoms with van der Waals surface area (Å²) in [4.78, 5) is 45.1. The van der Waals surface area contributed by atoms with Crippen LogP contribution in [0.25, 0.3) is 11.0 Å². The summed E-state index contributed by atoms with van der Waals surface area (Å²) in [5.74, 6) is -3.03. The largest absolute Gasteiger partial charge is 0.466 e. The fourth-order valence-electron chi connectivity index (χ4n) is 3.73. The highest BCUT2D eigenvalue weighted by atomic mass is 32.2. The summed E-state index contributed by atoms with van der Waals surface area (Å²) in [5.41, 5.74) is 5.48. The number of Topliss-reactive ketones (excluding diaryl/α,β-unsaturated/α-hetero) is 1. The molecule has 0 saturated heterocycles. The van der Waals surface area contributed by atoms with Crippen LogP contribution < -0.4 is 10.5 Å². The highest BCUT2D eigenvalue weighted by Gasteiger charge is 2.31. The number of carbonyl (C=O) groups is 3. The summed E-state index contributed by atoms with van der Waals surface area (Å²) < 4.78 is 51.2. The molecule has 36 heavy (non-hydrogen) atoms. The molecule has 2 aromatic heterocycles. The molecule has 0 radical (unpaired) electrons. The van der Waals surface area contributed by atoms with Gasteiger partial charge in [0.2, 0.25) is 5.88 Å². The second-order valence-corrected chi connectivity index (χ2v) is 8.32. The van der Waals surface area contributed by atoms with Crippen molar-refractivity contribution >= 4 is 40.5 Å². The lowest BCUT2D eigenvalue weighted by Gasteiger charge is -2.12. The molecule has 9 nitrogen and oxygen atoms in total. The fourth-order valence-corrected chi connectivity index (χ4v) is 4.09. The van der Waals surface area contributed by atoms with Crippen LogP contribution in [0.1, 0.15) is 34.1 Å². The summed E-state index contributed by atoms with van der Waals surface area (Å²) >= 11 is 1.17. The van der Waals surface area contributed by atoms with Gasteiger partial charge in [-0.25, -0.2) is 9.78 Å². The molecule has 0 aliphatic carbocycles. The number of primary amides is 1. The number of methoxy groups -OCH3 is 1. The molecular formula is C23H23F3N4O5S. The lowest BCUT2D eigenvalue weighted by molar-refractivity contribution is -0.143. The quantitative estimate of drug-likeness (QED) is 0.141. The molecule has 1 aromatic carbocycles. The number of hydrogen-bond donors (Lipinski definition) is 1. The Balaban J connectivity index is 2.19. The minimum absolute atomic E-state index is 0.0726. The van der Waals surface area contributed by atoms with E-state index in [9.17, 15) is 27.6 Å². The Morgan fingerprint density at radius 1 is 1.19 bits per heavy atom. The topological polar surface area (TPSA) is 126 Å². The highest BCUT2D eigenvalue weighted by Crippen LogP contribution is 2.35. The van der Waals surface area contributed by atoms with Crippen molar-refractivity contribution in [3.8, 4) is 5.88 Å². The third kappa shape index (κ3) is 5.61. The smallest absolute Gasteiger partial charge is 0.416 e. The number of benzene rings is 1. The van der Waals surface area contributed by atoms with Gasteiger partial charge in [0.1, 0.15) is 5.65 Å². The van der Waals surface area contributed by atoms with Gasteiger partial charge in [0.25, 0.3) is 11.7 Å². The predicted molar refractivity (Wildman–Crippen MR) is 125 cm³/mol. The number of alkyl halides is 3. The fraction of sp³-hybridized carbons (Fsp3) is 0.348. The zero-order valence-corrected chi connectivity index (χ0v) is 20.5. The first-order valence-electron chi connectivity index (χ1n) is 10.7. The van der Waals surface area contributed by atoms with Crippen LogP contribution in [0.4, 0.5) is 13.2 Å². The standard InChI is InChI=1S/C23H23F3N4O5S/c1-4-14-16(18(32)19(27)33)17-20(28-22(36-3)29-21(17)35-11-15(31)34-2)30(14)9-8-12-6-5-7-13(10-12)23(24,25)26/h5-7,10H,4,8-9,11H2,1-3H3,(H2,27,33). The van der Waals surface area contributed by atoms with Crippen LogP contribution >= 0.6 is 11.8 Å². The minimum Gasteiger partial charge on any atom is -0.466 e. The molecule has 3 aromatic rings. The molecule has 0 atom stereocenters. The monoisotopic (exact) mass is 524 g/mol. The van der Waals surface area contributed by atoms with Gasteiger partial charge in [-0.3, -0.25) is 9.59 Å². The number of nitrogens with two attached hydrogens (primary N) is 1. The van der Waals surface area contributed by atoms with Gasteiger partial charge < -0.3 is 19.8 Å². The summed E-state index contributed by atoms with van der Waals surface area (Å²) in [5, 5.41) is 0.335. The number of halogens is 3. The number of esters is 1. The number of hydrogen-bond acceptors (Lipinski definition) is 8. The maximum absolute atomic E-state index is 13.2. The van der Waals surface area contributed by atoms with E-state index in [1.807, 2.05) is 0 Å². The minimum atomic E-state index is -4.49. The molecule has 0 fully saturated rings. The summed E-state index contributed by atoms with van der Waals surface area (Å²) in [6, 6.07) is 4.93. The Morgan fingerprint density at radius 2 is 1.92 bits per heavy atom. The normalized spacial score (nSPS) is 11.5. The molecular weight excluding hydrogens is 501 g/mol. The average molecular weight is 525 g/mol. The van der Waals surface area contributed by atoms with Crippen molar-refractivity contribution in [2.45, 2.75) is 37.6 Å². The van der Waals surface area contributed by atoms with Crippen molar-refractivity contribution in [3.05, 3.63) is 46.6 Å². The van der Waals surface area contributed by atoms with Crippen molar-refractivity contribution < 1.29 is 37.0 Å². The lowest BCUT2D eigenvalue weighted by Crippen LogP contribution is -2.24. The van der Waals surface area contributed by atoms with Gasteiger partial charge >= 0.3 is 12.1 Å². The van der Waals surface area contributed by atoms with E-state index < -0.39 is 36.0 Å². The number of nitrogens with zero attached hydrogens (tertiary/aromatic N) is 3. The van der Waals surface area contributed by atoms with Crippen molar-refractivity contribution in [1.82, 2.24) is 14.5 Å². The Kier molecular flexibility index (Phi) is 8.23. The number of amides is 1. The molecule has 13 heteroatoms. The van der Waals surface area contributed by atoms with E-state index in [0.717, 1.165) is 12.1 Å². The Morgan fingerprint density at radius 3 is 2.50 bits per heavy atom. The van der Waals surface area contributed by atoms with Crippen molar-refractivity contribution in [1.29, 1.82) is 0 Å². The average Bonchev–Trinajstić information content (AvgIpc) is 3.17. The second-order valence-electron chi connectivity index (χ2n) is 7.55. The molecule has 192 valence electrons. The number of fused-ring (bicyclic) bond motifs is 1. The highest BCUT2D eigenvalue weighted by molar-refractivity contribution is 7.98. The first kappa shape index (κ1) is 27.0. The van der Waals surface area contributed by atoms with Gasteiger partial charge in [-0.15, -0.1) is 0 Å². The number of thioether (sulfide) groups is 1. The number of ketones is 1. The van der Waals surface area contributed by atoms with Gasteiger partial charge in [-0.05, 0) is 30.7 Å². The van der Waals surface area contributed by atoms with E-state index in [1.165, 1.54) is 24.9 Å². The number of ether oxygens (including phenoxy) is 2. The van der Waals surface area contributed by atoms with Crippen LogP contribution in [0, 0.1) is 0 Å². The van der Waals surface area contributed by atoms with E-state index in [4.69, 9.17) is 10.5 Å². The molecule has 0 spiro atoms. The summed E-state index contributed by atoms with van der Waals surface area (Å²) in [6.07, 6.45) is -2.35. The van der Waals surface area contributed by atoms with Crippen LogP contribution in [0.15, 0.2) is 29.4 Å². The van der Waals surface area contributed by atoms with Crippen molar-refractivity contribution in [2.24, 2.45) is 5.73 Å². The van der Waals surface area contributed by atoms with E-state index in [2.05, 4.69) is 14.7 Å². The van der Waals surface area contributed by atoms with Crippen molar-refractivity contribution in [2.75, 3.05) is 20.0 Å². The van der Waals surface area contributed by atoms with Crippen LogP contribution in [-0.4, -0.2) is 52.2 Å². The van der Waals surface area contributed by atoms with E-state index in [1.54, 1.807) is 23.8 Å². The van der Waals surface area contributed by atoms with Crippen LogP contribution in [0.5, 0.6) is 5.88 Å². The first-order chi connectivity index (χ1) is 17.0. The third-order valence-electron chi connectivity index (χ3n) is 5.36. The zero-order chi connectivity index (χ0) is 26.6. The molecule has 0 unspecified atom stereocenters. The summed E-state index contributed by atoms with van der Waals surface area (Å²) in [6.45, 7) is 1.36. The van der Waals surface area contributed by atoms with E-state index >= 15 is 0 Å². The molecule has 0 aliphatic rings. The number of carbonyl (C=O) groups excluding carboxylic acids is 3. The van der Waals surface area contributed by atoms with Gasteiger partial charge in [0.15, 0.2) is 11.8 Å². The maximum atomic E-state index is 13.2.